The maximum Gasteiger partial charge on any atom is 0.232 e. The summed E-state index contributed by atoms with van der Waals surface area (Å²) in [4.78, 5) is 14.7. The molecule has 0 bridgehead atoms. The Labute approximate surface area is 231 Å². The van der Waals surface area contributed by atoms with Crippen molar-refractivity contribution >= 4 is 34.9 Å². The highest BCUT2D eigenvalue weighted by atomic mass is 32.1. The van der Waals surface area contributed by atoms with Gasteiger partial charge in [-0.2, -0.15) is 9.97 Å². The van der Waals surface area contributed by atoms with Gasteiger partial charge in [0.05, 0.1) is 0 Å². The molecule has 2 aromatic carbocycles. The van der Waals surface area contributed by atoms with Crippen LogP contribution in [-0.2, 0) is 18.5 Å². The second kappa shape index (κ2) is 11.3. The normalized spacial score (nSPS) is 18.6. The molecular weight excluding hydrogens is 488 g/mol. The third kappa shape index (κ3) is 5.48. The summed E-state index contributed by atoms with van der Waals surface area (Å²) in [5.41, 5.74) is 4.28. The predicted octanol–water partition coefficient (Wildman–Crippen LogP) is 6.18. The van der Waals surface area contributed by atoms with Gasteiger partial charge in [-0.3, -0.25) is 0 Å². The third-order valence-corrected chi connectivity index (χ3v) is 8.80. The van der Waals surface area contributed by atoms with E-state index in [1.165, 1.54) is 68.1 Å². The average molecular weight is 527 g/mol. The van der Waals surface area contributed by atoms with Crippen molar-refractivity contribution in [2.45, 2.75) is 69.9 Å². The molecule has 0 atom stereocenters. The Hall–Kier alpha value is -3.19. The molecule has 2 fully saturated rings. The average Bonchev–Trinajstić information content (AvgIpc) is 3.53. The molecular formula is C31H38N6S. The van der Waals surface area contributed by atoms with Crippen LogP contribution in [0.5, 0.6) is 0 Å². The maximum absolute atomic E-state index is 5.80. The van der Waals surface area contributed by atoms with E-state index in [1.807, 2.05) is 0 Å². The second-order valence-electron chi connectivity index (χ2n) is 11.1. The van der Waals surface area contributed by atoms with Crippen LogP contribution >= 0.6 is 12.2 Å². The van der Waals surface area contributed by atoms with Crippen LogP contribution in [-0.4, -0.2) is 34.7 Å². The molecule has 1 saturated heterocycles. The van der Waals surface area contributed by atoms with E-state index in [0.717, 1.165) is 44.4 Å². The summed E-state index contributed by atoms with van der Waals surface area (Å²) in [7, 11) is 0. The molecule has 3 heterocycles. The molecule has 0 radical (unpaired) electrons. The van der Waals surface area contributed by atoms with Gasteiger partial charge in [0.2, 0.25) is 5.95 Å². The Morgan fingerprint density at radius 3 is 2.03 bits per heavy atom. The van der Waals surface area contributed by atoms with Gasteiger partial charge >= 0.3 is 0 Å². The number of hydrogen-bond acceptors (Lipinski definition) is 5. The van der Waals surface area contributed by atoms with E-state index in [1.54, 1.807) is 0 Å². The lowest BCUT2D eigenvalue weighted by molar-refractivity contribution is 0.435. The minimum atomic E-state index is 0.133. The SMILES string of the molecule is S=C(NCC1(c2ccccc2)CCCC1)Nc1nc(N2CCCCCC2)cc(N2Cc3ccccc3C2)n1. The van der Waals surface area contributed by atoms with Crippen LogP contribution in [0.25, 0.3) is 0 Å². The molecule has 198 valence electrons. The van der Waals surface area contributed by atoms with E-state index < -0.39 is 0 Å². The number of anilines is 3. The zero-order valence-corrected chi connectivity index (χ0v) is 23.0. The summed E-state index contributed by atoms with van der Waals surface area (Å²) in [5, 5.41) is 7.49. The van der Waals surface area contributed by atoms with Crippen LogP contribution in [0.3, 0.4) is 0 Å². The molecule has 2 N–H and O–H groups in total. The lowest BCUT2D eigenvalue weighted by Gasteiger charge is -2.30. The van der Waals surface area contributed by atoms with E-state index in [-0.39, 0.29) is 5.41 Å². The van der Waals surface area contributed by atoms with Crippen molar-refractivity contribution in [3.05, 3.63) is 77.4 Å². The fourth-order valence-electron chi connectivity index (χ4n) is 6.40. The van der Waals surface area contributed by atoms with Gasteiger partial charge in [0.15, 0.2) is 5.11 Å². The van der Waals surface area contributed by atoms with Gasteiger partial charge in [-0.15, -0.1) is 0 Å². The Balaban J connectivity index is 1.21. The van der Waals surface area contributed by atoms with Gasteiger partial charge in [-0.25, -0.2) is 0 Å². The molecule has 6 nitrogen and oxygen atoms in total. The van der Waals surface area contributed by atoms with Gasteiger partial charge in [0.25, 0.3) is 0 Å². The highest BCUT2D eigenvalue weighted by molar-refractivity contribution is 7.80. The maximum atomic E-state index is 5.80. The van der Waals surface area contributed by atoms with Crippen molar-refractivity contribution in [2.75, 3.05) is 34.8 Å². The number of benzene rings is 2. The standard InChI is InChI=1S/C31H38N6S/c38-30(32-23-31(16-8-9-17-31)26-14-4-3-5-15-26)35-29-33-27(36-18-10-1-2-11-19-36)20-28(34-29)37-21-24-12-6-7-13-25(24)22-37/h3-7,12-15,20H,1-2,8-11,16-19,21-23H2,(H2,32,33,34,35,38). The molecule has 38 heavy (non-hydrogen) atoms. The minimum Gasteiger partial charge on any atom is -0.361 e. The van der Waals surface area contributed by atoms with E-state index in [4.69, 9.17) is 22.2 Å². The van der Waals surface area contributed by atoms with Crippen molar-refractivity contribution in [1.82, 2.24) is 15.3 Å². The highest BCUT2D eigenvalue weighted by Crippen LogP contribution is 2.40. The summed E-state index contributed by atoms with van der Waals surface area (Å²) in [6, 6.07) is 21.8. The molecule has 3 aliphatic rings. The monoisotopic (exact) mass is 526 g/mol. The van der Waals surface area contributed by atoms with Crippen LogP contribution in [0.2, 0.25) is 0 Å². The van der Waals surface area contributed by atoms with Crippen LogP contribution < -0.4 is 20.4 Å². The third-order valence-electron chi connectivity index (χ3n) is 8.55. The number of rotatable bonds is 6. The first kappa shape index (κ1) is 25.1. The number of nitrogens with zero attached hydrogens (tertiary/aromatic N) is 4. The second-order valence-corrected chi connectivity index (χ2v) is 11.5. The summed E-state index contributed by atoms with van der Waals surface area (Å²) in [5.74, 6) is 2.53. The fourth-order valence-corrected chi connectivity index (χ4v) is 6.57. The number of aromatic nitrogens is 2. The van der Waals surface area contributed by atoms with E-state index in [0.29, 0.717) is 11.1 Å². The van der Waals surface area contributed by atoms with Crippen LogP contribution in [0.1, 0.15) is 68.1 Å². The van der Waals surface area contributed by atoms with Crippen molar-refractivity contribution in [3.8, 4) is 0 Å². The Bertz CT molecular complexity index is 1220. The Kier molecular flexibility index (Phi) is 7.45. The molecule has 0 spiro atoms. The van der Waals surface area contributed by atoms with Crippen LogP contribution in [0, 0.1) is 0 Å². The van der Waals surface area contributed by atoms with Crippen molar-refractivity contribution < 1.29 is 0 Å². The summed E-state index contributed by atoms with van der Waals surface area (Å²) < 4.78 is 0. The van der Waals surface area contributed by atoms with Gasteiger partial charge in [0, 0.05) is 44.2 Å². The van der Waals surface area contributed by atoms with Gasteiger partial charge in [-0.05, 0) is 54.6 Å². The molecule has 6 rings (SSSR count). The smallest absolute Gasteiger partial charge is 0.232 e. The molecule has 1 aliphatic carbocycles. The molecule has 0 unspecified atom stereocenters. The van der Waals surface area contributed by atoms with E-state index >= 15 is 0 Å². The first-order valence-corrected chi connectivity index (χ1v) is 14.7. The van der Waals surface area contributed by atoms with Gasteiger partial charge in [-0.1, -0.05) is 80.3 Å². The Morgan fingerprint density at radius 2 is 1.37 bits per heavy atom. The van der Waals surface area contributed by atoms with Crippen LogP contribution in [0.4, 0.5) is 17.6 Å². The summed E-state index contributed by atoms with van der Waals surface area (Å²) in [6.07, 6.45) is 9.90. The molecule has 2 aliphatic heterocycles. The fraction of sp³-hybridized carbons (Fsp3) is 0.452. The van der Waals surface area contributed by atoms with Crippen molar-refractivity contribution in [2.24, 2.45) is 0 Å². The van der Waals surface area contributed by atoms with Gasteiger partial charge < -0.3 is 20.4 Å². The first-order valence-electron chi connectivity index (χ1n) is 14.2. The van der Waals surface area contributed by atoms with E-state index in [9.17, 15) is 0 Å². The zero-order valence-electron chi connectivity index (χ0n) is 22.2. The number of hydrogen-bond donors (Lipinski definition) is 2. The number of thiocarbonyl (C=S) groups is 1. The lowest BCUT2D eigenvalue weighted by atomic mass is 9.79. The topological polar surface area (TPSA) is 56.3 Å². The van der Waals surface area contributed by atoms with Crippen molar-refractivity contribution in [3.63, 3.8) is 0 Å². The van der Waals surface area contributed by atoms with E-state index in [2.05, 4.69) is 81.1 Å². The van der Waals surface area contributed by atoms with Gasteiger partial charge in [0.1, 0.15) is 11.6 Å². The molecule has 3 aromatic rings. The molecule has 1 aromatic heterocycles. The molecule has 0 amide bonds. The molecule has 1 saturated carbocycles. The minimum absolute atomic E-state index is 0.133. The largest absolute Gasteiger partial charge is 0.361 e. The quantitative estimate of drug-likeness (QED) is 0.372. The summed E-state index contributed by atoms with van der Waals surface area (Å²) in [6.45, 7) is 4.64. The predicted molar refractivity (Wildman–Crippen MR) is 160 cm³/mol. The summed E-state index contributed by atoms with van der Waals surface area (Å²) >= 11 is 5.80. The number of fused-ring (bicyclic) bond motifs is 1. The lowest BCUT2D eigenvalue weighted by Crippen LogP contribution is -2.41. The molecule has 7 heteroatoms. The first-order chi connectivity index (χ1) is 18.7. The Morgan fingerprint density at radius 1 is 0.763 bits per heavy atom. The highest BCUT2D eigenvalue weighted by Gasteiger charge is 2.35. The van der Waals surface area contributed by atoms with Crippen LogP contribution in [0.15, 0.2) is 60.7 Å². The number of nitrogens with one attached hydrogen (secondary N) is 2. The zero-order chi connectivity index (χ0) is 25.8. The van der Waals surface area contributed by atoms with Crippen molar-refractivity contribution in [1.29, 1.82) is 0 Å².